The average Bonchev–Trinajstić information content (AvgIpc) is 4.03. The third-order valence-electron chi connectivity index (χ3n) is 11.3. The number of aliphatic hydroxyl groups is 4. The Bertz CT molecular complexity index is 1530. The number of allylic oxidation sites excluding steroid dienone is 6. The molecule has 1 aliphatic carbocycles. The Morgan fingerprint density at radius 1 is 0.545 bits per heavy atom. The van der Waals surface area contributed by atoms with Gasteiger partial charge in [0, 0.05) is 12.8 Å². The minimum atomic E-state index is -5.37. The van der Waals surface area contributed by atoms with Crippen molar-refractivity contribution in [3.05, 3.63) is 48.6 Å². The van der Waals surface area contributed by atoms with Gasteiger partial charge in [-0.2, -0.15) is 0 Å². The third kappa shape index (κ3) is 28.4. The lowest BCUT2D eigenvalue weighted by Crippen LogP contribution is -2.64. The Balaban J connectivity index is 1.81. The summed E-state index contributed by atoms with van der Waals surface area (Å²) in [5, 5.41) is 41.3. The zero-order chi connectivity index (χ0) is 48.6. The van der Waals surface area contributed by atoms with Crippen molar-refractivity contribution < 1.29 is 81.6 Å². The van der Waals surface area contributed by atoms with Gasteiger partial charge in [0.15, 0.2) is 6.10 Å². The number of ether oxygens (including phenoxy) is 3. The smallest absolute Gasteiger partial charge is 0.462 e. The SMILES string of the molecule is CCCCC/C=C\CC1OC1C/C=C\C/C=C\CCCC(=O)OC[C@H](COP(=O)(O)O[C@H]1C(O)C(O)C(O)[C@@H](OP(=O)(O)O)C1O)OC(=O)CCCCCCC/C=C\CCCCCCCC. The summed E-state index contributed by atoms with van der Waals surface area (Å²) in [6.07, 6.45) is 25.3. The van der Waals surface area contributed by atoms with Gasteiger partial charge in [0.25, 0.3) is 0 Å². The number of carbonyl (C=O) groups excluding carboxylic acids is 2. The first-order valence-corrected chi connectivity index (χ1v) is 27.3. The fourth-order valence-electron chi connectivity index (χ4n) is 7.35. The number of hydrogen-bond donors (Lipinski definition) is 7. The summed E-state index contributed by atoms with van der Waals surface area (Å²) in [5.74, 6) is -1.29. The van der Waals surface area contributed by atoms with Gasteiger partial charge in [0.05, 0.1) is 18.8 Å². The van der Waals surface area contributed by atoms with E-state index in [-0.39, 0.29) is 18.9 Å². The summed E-state index contributed by atoms with van der Waals surface area (Å²) in [6, 6.07) is 0. The largest absolute Gasteiger partial charge is 0.472 e. The van der Waals surface area contributed by atoms with Gasteiger partial charge in [-0.1, -0.05) is 127 Å². The number of aliphatic hydroxyl groups excluding tert-OH is 4. The van der Waals surface area contributed by atoms with Crippen LogP contribution in [0.15, 0.2) is 48.6 Å². The molecule has 17 nitrogen and oxygen atoms in total. The molecule has 1 aliphatic heterocycles. The average molecular weight is 981 g/mol. The minimum absolute atomic E-state index is 0.0186. The highest BCUT2D eigenvalue weighted by atomic mass is 31.2. The van der Waals surface area contributed by atoms with Gasteiger partial charge in [-0.3, -0.25) is 23.2 Å². The number of phosphoric ester groups is 2. The zero-order valence-electron chi connectivity index (χ0n) is 39.3. The lowest BCUT2D eigenvalue weighted by molar-refractivity contribution is -0.216. The van der Waals surface area contributed by atoms with Crippen LogP contribution in [0.25, 0.3) is 0 Å². The van der Waals surface area contributed by atoms with Crippen LogP contribution in [0.2, 0.25) is 0 Å². The Kier molecular flexibility index (Phi) is 31.9. The molecule has 2 aliphatic rings. The maximum Gasteiger partial charge on any atom is 0.472 e. The molecular formula is C47H82O17P2. The first kappa shape index (κ1) is 60.0. The molecule has 1 heterocycles. The van der Waals surface area contributed by atoms with Crippen LogP contribution in [0.4, 0.5) is 0 Å². The Labute approximate surface area is 392 Å². The van der Waals surface area contributed by atoms with Crippen LogP contribution in [0.1, 0.15) is 168 Å². The first-order valence-electron chi connectivity index (χ1n) is 24.3. The van der Waals surface area contributed by atoms with Crippen LogP contribution in [0.5, 0.6) is 0 Å². The molecule has 10 atom stereocenters. The van der Waals surface area contributed by atoms with Crippen LogP contribution in [-0.2, 0) is 46.5 Å². The highest BCUT2D eigenvalue weighted by Crippen LogP contribution is 2.49. The minimum Gasteiger partial charge on any atom is -0.462 e. The molecular weight excluding hydrogens is 898 g/mol. The van der Waals surface area contributed by atoms with E-state index >= 15 is 0 Å². The molecule has 0 bridgehead atoms. The summed E-state index contributed by atoms with van der Waals surface area (Å²) in [7, 11) is -10.7. The molecule has 382 valence electrons. The Morgan fingerprint density at radius 3 is 1.64 bits per heavy atom. The third-order valence-corrected chi connectivity index (χ3v) is 12.8. The van der Waals surface area contributed by atoms with Gasteiger partial charge in [-0.05, 0) is 77.0 Å². The van der Waals surface area contributed by atoms with Crippen LogP contribution < -0.4 is 0 Å². The second kappa shape index (κ2) is 35.1. The van der Waals surface area contributed by atoms with Crippen molar-refractivity contribution in [2.75, 3.05) is 13.2 Å². The number of hydrogen-bond acceptors (Lipinski definition) is 14. The van der Waals surface area contributed by atoms with E-state index in [1.54, 1.807) is 0 Å². The van der Waals surface area contributed by atoms with Gasteiger partial charge in [0.1, 0.15) is 43.2 Å². The van der Waals surface area contributed by atoms with Crippen molar-refractivity contribution in [2.24, 2.45) is 0 Å². The quantitative estimate of drug-likeness (QED) is 0.0100. The van der Waals surface area contributed by atoms with Crippen molar-refractivity contribution in [3.63, 3.8) is 0 Å². The maximum atomic E-state index is 13.0. The summed E-state index contributed by atoms with van der Waals surface area (Å²) < 4.78 is 55.1. The van der Waals surface area contributed by atoms with E-state index in [2.05, 4.69) is 54.8 Å². The zero-order valence-corrected chi connectivity index (χ0v) is 41.1. The summed E-state index contributed by atoms with van der Waals surface area (Å²) in [6.45, 7) is 3.01. The molecule has 1 saturated carbocycles. The molecule has 0 aromatic rings. The van der Waals surface area contributed by atoms with E-state index in [4.69, 9.17) is 23.3 Å². The van der Waals surface area contributed by atoms with Crippen molar-refractivity contribution in [2.45, 2.75) is 223 Å². The van der Waals surface area contributed by atoms with Crippen molar-refractivity contribution in [1.82, 2.24) is 0 Å². The lowest BCUT2D eigenvalue weighted by Gasteiger charge is -2.43. The van der Waals surface area contributed by atoms with E-state index in [0.29, 0.717) is 25.4 Å². The van der Waals surface area contributed by atoms with Crippen molar-refractivity contribution in [3.8, 4) is 0 Å². The molecule has 0 aromatic heterocycles. The number of esters is 2. The van der Waals surface area contributed by atoms with Gasteiger partial charge in [-0.25, -0.2) is 9.13 Å². The number of rotatable bonds is 39. The Hall–Kier alpha value is -2.08. The second-order valence-electron chi connectivity index (χ2n) is 17.2. The highest BCUT2D eigenvalue weighted by Gasteiger charge is 2.54. The molecule has 66 heavy (non-hydrogen) atoms. The van der Waals surface area contributed by atoms with E-state index < -0.39 is 83.5 Å². The van der Waals surface area contributed by atoms with Crippen LogP contribution in [0.3, 0.4) is 0 Å². The van der Waals surface area contributed by atoms with Crippen LogP contribution in [-0.4, -0.2) is 115 Å². The molecule has 1 saturated heterocycles. The van der Waals surface area contributed by atoms with E-state index in [1.807, 2.05) is 12.2 Å². The lowest BCUT2D eigenvalue weighted by atomic mass is 9.85. The van der Waals surface area contributed by atoms with Gasteiger partial charge in [0.2, 0.25) is 0 Å². The standard InChI is InChI=1S/C47H82O17P2/c1-3-5-7-9-11-12-13-14-15-16-17-18-21-26-30-34-41(49)61-37(36-60-66(57,58)64-47-44(52)42(50)43(51)46(45(47)53)63-65(54,55)56)35-59-40(48)33-29-25-22-19-20-24-28-32-39-38(62-39)31-27-23-10-8-6-4-2/h14-15,19,22-24,27-28,37-39,42-47,50-53H,3-13,16-18,20-21,25-26,29-36H2,1-2H3,(H,57,58)(H2,54,55,56)/b15-14-,22-19-,27-23-,28-24-/t37-,38?,39?,42?,43?,44?,45?,46-,47+/m1/s1. The predicted octanol–water partition coefficient (Wildman–Crippen LogP) is 8.27. The summed E-state index contributed by atoms with van der Waals surface area (Å²) >= 11 is 0. The van der Waals surface area contributed by atoms with E-state index in [1.165, 1.54) is 57.8 Å². The van der Waals surface area contributed by atoms with Crippen molar-refractivity contribution in [1.29, 1.82) is 0 Å². The van der Waals surface area contributed by atoms with Crippen molar-refractivity contribution >= 4 is 27.6 Å². The fourth-order valence-corrected chi connectivity index (χ4v) is 8.89. The molecule has 0 radical (unpaired) electrons. The molecule has 7 N–H and O–H groups in total. The predicted molar refractivity (Wildman–Crippen MR) is 250 cm³/mol. The Morgan fingerprint density at radius 2 is 1.02 bits per heavy atom. The fraction of sp³-hybridized carbons (Fsp3) is 0.787. The monoisotopic (exact) mass is 981 g/mol. The molecule has 0 aromatic carbocycles. The molecule has 2 fully saturated rings. The number of unbranched alkanes of at least 4 members (excludes halogenated alkanes) is 15. The van der Waals surface area contributed by atoms with Gasteiger partial charge >= 0.3 is 27.6 Å². The van der Waals surface area contributed by atoms with E-state index in [0.717, 1.165) is 64.2 Å². The summed E-state index contributed by atoms with van der Waals surface area (Å²) in [4.78, 5) is 54.3. The van der Waals surface area contributed by atoms with Gasteiger partial charge < -0.3 is 49.3 Å². The maximum absolute atomic E-state index is 13.0. The normalized spacial score (nSPS) is 25.0. The number of carbonyl (C=O) groups is 2. The highest BCUT2D eigenvalue weighted by molar-refractivity contribution is 7.47. The van der Waals surface area contributed by atoms with Crippen LogP contribution >= 0.6 is 15.6 Å². The number of phosphoric acid groups is 2. The second-order valence-corrected chi connectivity index (χ2v) is 19.8. The molecule has 0 amide bonds. The molecule has 7 unspecified atom stereocenters. The van der Waals surface area contributed by atoms with E-state index in [9.17, 15) is 53.8 Å². The number of epoxide rings is 1. The molecule has 19 heteroatoms. The van der Waals surface area contributed by atoms with Gasteiger partial charge in [-0.15, -0.1) is 0 Å². The first-order chi connectivity index (χ1) is 31.6. The topological polar surface area (TPSA) is 269 Å². The summed E-state index contributed by atoms with van der Waals surface area (Å²) in [5.41, 5.74) is 0. The molecule has 0 spiro atoms. The molecule has 2 rings (SSSR count). The van der Waals surface area contributed by atoms with Crippen LogP contribution in [0, 0.1) is 0 Å².